The summed E-state index contributed by atoms with van der Waals surface area (Å²) in [5.74, 6) is -1.44. The first-order chi connectivity index (χ1) is 9.84. The van der Waals surface area contributed by atoms with E-state index >= 15 is 0 Å². The number of halogens is 3. The van der Waals surface area contributed by atoms with Crippen LogP contribution in [0.3, 0.4) is 0 Å². The van der Waals surface area contributed by atoms with E-state index in [4.69, 9.17) is 10.4 Å². The van der Waals surface area contributed by atoms with Crippen LogP contribution in [0.1, 0.15) is 21.5 Å². The lowest BCUT2D eigenvalue weighted by atomic mass is 9.94. The molecule has 0 spiro atoms. The minimum Gasteiger partial charge on any atom is -0.478 e. The molecule has 0 heterocycles. The maximum absolute atomic E-state index is 13.1. The minimum atomic E-state index is -4.72. The van der Waals surface area contributed by atoms with Crippen LogP contribution in [-0.2, 0) is 6.18 Å². The number of carbonyl (C=O) groups is 1. The van der Waals surface area contributed by atoms with Gasteiger partial charge < -0.3 is 5.11 Å². The third-order valence-corrected chi connectivity index (χ3v) is 2.91. The predicted octanol–water partition coefficient (Wildman–Crippen LogP) is 3.94. The lowest BCUT2D eigenvalue weighted by Gasteiger charge is -2.14. The summed E-state index contributed by atoms with van der Waals surface area (Å²) < 4.78 is 39.4. The Balaban J connectivity index is 2.75. The average molecular weight is 291 g/mol. The van der Waals surface area contributed by atoms with E-state index in [1.54, 1.807) is 6.07 Å². The lowest BCUT2D eigenvalue weighted by Crippen LogP contribution is -2.10. The van der Waals surface area contributed by atoms with E-state index in [1.807, 2.05) is 6.07 Å². The third kappa shape index (κ3) is 2.87. The first-order valence-electron chi connectivity index (χ1n) is 5.78. The summed E-state index contributed by atoms with van der Waals surface area (Å²) >= 11 is 0. The zero-order chi connectivity index (χ0) is 15.6. The Labute approximate surface area is 117 Å². The molecule has 2 aromatic rings. The van der Waals surface area contributed by atoms with Gasteiger partial charge in [-0.05, 0) is 23.8 Å². The Morgan fingerprint density at radius 3 is 2.33 bits per heavy atom. The van der Waals surface area contributed by atoms with Crippen molar-refractivity contribution >= 4 is 5.97 Å². The molecule has 0 fully saturated rings. The van der Waals surface area contributed by atoms with Crippen LogP contribution in [0, 0.1) is 11.3 Å². The highest BCUT2D eigenvalue weighted by atomic mass is 19.4. The van der Waals surface area contributed by atoms with Gasteiger partial charge in [-0.2, -0.15) is 18.4 Å². The molecule has 0 unspecified atom stereocenters. The highest BCUT2D eigenvalue weighted by Gasteiger charge is 2.34. The number of benzene rings is 2. The molecule has 0 aliphatic heterocycles. The highest BCUT2D eigenvalue weighted by Crippen LogP contribution is 2.38. The first kappa shape index (κ1) is 14.6. The number of nitrogens with zero attached hydrogens (tertiary/aromatic N) is 1. The Kier molecular flexibility index (Phi) is 3.68. The van der Waals surface area contributed by atoms with Gasteiger partial charge in [0, 0.05) is 5.56 Å². The van der Waals surface area contributed by atoms with E-state index in [0.29, 0.717) is 6.07 Å². The normalized spacial score (nSPS) is 11.0. The molecule has 0 saturated heterocycles. The number of carboxylic acids is 1. The molecule has 2 rings (SSSR count). The van der Waals surface area contributed by atoms with E-state index in [2.05, 4.69) is 0 Å². The summed E-state index contributed by atoms with van der Waals surface area (Å²) in [6.07, 6.45) is -4.72. The second-order valence-corrected chi connectivity index (χ2v) is 4.22. The van der Waals surface area contributed by atoms with Crippen molar-refractivity contribution < 1.29 is 23.1 Å². The number of rotatable bonds is 2. The van der Waals surface area contributed by atoms with Crippen LogP contribution in [0.4, 0.5) is 13.2 Å². The fraction of sp³-hybridized carbons (Fsp3) is 0.0667. The van der Waals surface area contributed by atoms with Gasteiger partial charge in [0.15, 0.2) is 0 Å². The summed E-state index contributed by atoms with van der Waals surface area (Å²) in [4.78, 5) is 10.8. The number of alkyl halides is 3. The molecule has 0 bridgehead atoms. The highest BCUT2D eigenvalue weighted by molar-refractivity contribution is 5.89. The summed E-state index contributed by atoms with van der Waals surface area (Å²) in [6, 6.07) is 10.4. The maximum Gasteiger partial charge on any atom is 0.417 e. The summed E-state index contributed by atoms with van der Waals surface area (Å²) in [5.41, 5.74) is -1.55. The molecule has 0 aromatic heterocycles. The summed E-state index contributed by atoms with van der Waals surface area (Å²) in [6.45, 7) is 0. The standard InChI is InChI=1S/C15H8F3NO2/c16-15(17,18)13-7-9(14(20)21)5-6-12(13)11-4-2-1-3-10(11)8-19/h1-7H,(H,20,21). The van der Waals surface area contributed by atoms with E-state index < -0.39 is 23.3 Å². The Morgan fingerprint density at radius 2 is 1.76 bits per heavy atom. The topological polar surface area (TPSA) is 61.1 Å². The molecule has 0 saturated carbocycles. The zero-order valence-corrected chi connectivity index (χ0v) is 10.5. The van der Waals surface area contributed by atoms with Crippen molar-refractivity contribution in [2.75, 3.05) is 0 Å². The van der Waals surface area contributed by atoms with Crippen molar-refractivity contribution in [3.8, 4) is 17.2 Å². The quantitative estimate of drug-likeness (QED) is 0.911. The van der Waals surface area contributed by atoms with Gasteiger partial charge >= 0.3 is 12.1 Å². The molecule has 106 valence electrons. The minimum absolute atomic E-state index is 0.0890. The van der Waals surface area contributed by atoms with Gasteiger partial charge in [-0.15, -0.1) is 0 Å². The van der Waals surface area contributed by atoms with Crippen molar-refractivity contribution in [3.63, 3.8) is 0 Å². The molecule has 0 aliphatic carbocycles. The van der Waals surface area contributed by atoms with Gasteiger partial charge in [0.05, 0.1) is 22.8 Å². The second kappa shape index (κ2) is 5.29. The molecule has 3 nitrogen and oxygen atoms in total. The molecule has 2 aromatic carbocycles. The van der Waals surface area contributed by atoms with Crippen molar-refractivity contribution in [2.24, 2.45) is 0 Å². The average Bonchev–Trinajstić information content (AvgIpc) is 2.45. The smallest absolute Gasteiger partial charge is 0.417 e. The maximum atomic E-state index is 13.1. The van der Waals surface area contributed by atoms with Gasteiger partial charge in [0.2, 0.25) is 0 Å². The predicted molar refractivity (Wildman–Crippen MR) is 68.6 cm³/mol. The molecule has 0 amide bonds. The van der Waals surface area contributed by atoms with Crippen molar-refractivity contribution in [3.05, 3.63) is 59.2 Å². The number of carboxylic acid groups (broad SMARTS) is 1. The SMILES string of the molecule is N#Cc1ccccc1-c1ccc(C(=O)O)cc1C(F)(F)F. The summed E-state index contributed by atoms with van der Waals surface area (Å²) in [7, 11) is 0. The Hall–Kier alpha value is -2.81. The molecule has 0 atom stereocenters. The molecular formula is C15H8F3NO2. The van der Waals surface area contributed by atoms with Gasteiger partial charge in [-0.3, -0.25) is 0 Å². The fourth-order valence-electron chi connectivity index (χ4n) is 1.96. The van der Waals surface area contributed by atoms with Crippen LogP contribution in [0.15, 0.2) is 42.5 Å². The zero-order valence-electron chi connectivity index (χ0n) is 10.5. The number of aromatic carboxylic acids is 1. The molecular weight excluding hydrogens is 283 g/mol. The molecule has 0 radical (unpaired) electrons. The van der Waals surface area contributed by atoms with E-state index in [1.165, 1.54) is 18.2 Å². The van der Waals surface area contributed by atoms with Crippen LogP contribution >= 0.6 is 0 Å². The van der Waals surface area contributed by atoms with Crippen LogP contribution < -0.4 is 0 Å². The van der Waals surface area contributed by atoms with Crippen molar-refractivity contribution in [1.82, 2.24) is 0 Å². The van der Waals surface area contributed by atoms with Crippen LogP contribution in [0.2, 0.25) is 0 Å². The van der Waals surface area contributed by atoms with Gasteiger partial charge in [-0.25, -0.2) is 4.79 Å². The van der Waals surface area contributed by atoms with Crippen LogP contribution in [0.5, 0.6) is 0 Å². The van der Waals surface area contributed by atoms with Crippen molar-refractivity contribution in [2.45, 2.75) is 6.18 Å². The van der Waals surface area contributed by atoms with E-state index in [-0.39, 0.29) is 16.7 Å². The Morgan fingerprint density at radius 1 is 1.10 bits per heavy atom. The van der Waals surface area contributed by atoms with Crippen LogP contribution in [-0.4, -0.2) is 11.1 Å². The molecule has 6 heteroatoms. The largest absolute Gasteiger partial charge is 0.478 e. The van der Waals surface area contributed by atoms with Gasteiger partial charge in [0.1, 0.15) is 0 Å². The monoisotopic (exact) mass is 291 g/mol. The third-order valence-electron chi connectivity index (χ3n) is 2.91. The van der Waals surface area contributed by atoms with Crippen LogP contribution in [0.25, 0.3) is 11.1 Å². The van der Waals surface area contributed by atoms with Gasteiger partial charge in [-0.1, -0.05) is 24.3 Å². The number of hydrogen-bond donors (Lipinski definition) is 1. The van der Waals surface area contributed by atoms with Crippen molar-refractivity contribution in [1.29, 1.82) is 5.26 Å². The first-order valence-corrected chi connectivity index (χ1v) is 5.78. The molecule has 0 aliphatic rings. The molecule has 21 heavy (non-hydrogen) atoms. The summed E-state index contributed by atoms with van der Waals surface area (Å²) in [5, 5.41) is 17.8. The van der Waals surface area contributed by atoms with E-state index in [0.717, 1.165) is 12.1 Å². The van der Waals surface area contributed by atoms with Gasteiger partial charge in [0.25, 0.3) is 0 Å². The number of nitriles is 1. The van der Waals surface area contributed by atoms with E-state index in [9.17, 15) is 18.0 Å². The Bertz CT molecular complexity index is 745. The lowest BCUT2D eigenvalue weighted by molar-refractivity contribution is -0.137. The fourth-order valence-corrected chi connectivity index (χ4v) is 1.96. The number of hydrogen-bond acceptors (Lipinski definition) is 2. The second-order valence-electron chi connectivity index (χ2n) is 4.22. The molecule has 1 N–H and O–H groups in total.